The van der Waals surface area contributed by atoms with Gasteiger partial charge in [0.05, 0.1) is 32.2 Å². The Morgan fingerprint density at radius 3 is 2.53 bits per heavy atom. The molecule has 1 N–H and O–H groups in total. The van der Waals surface area contributed by atoms with Gasteiger partial charge in [-0.15, -0.1) is 0 Å². The number of rotatable bonds is 3. The molecule has 6 nitrogen and oxygen atoms in total. The Bertz CT molecular complexity index is 1240. The SMILES string of the molecule is CC1=[N+](C(=O)c2ccc(Cl)c(Cl)c2)CC2N=C(NC(C)C)N(c3ccc(Br)cc3Cl)C(=O)C2C1. The Morgan fingerprint density at radius 1 is 1.15 bits per heavy atom. The second-order valence-electron chi connectivity index (χ2n) is 8.68. The molecule has 2 atom stereocenters. The highest BCUT2D eigenvalue weighted by Gasteiger charge is 2.47. The molecule has 0 bridgehead atoms. The summed E-state index contributed by atoms with van der Waals surface area (Å²) in [6, 6.07) is 9.83. The van der Waals surface area contributed by atoms with Crippen LogP contribution >= 0.6 is 50.7 Å². The van der Waals surface area contributed by atoms with Crippen molar-refractivity contribution in [3.8, 4) is 0 Å². The minimum Gasteiger partial charge on any atom is -0.353 e. The number of halogens is 4. The van der Waals surface area contributed by atoms with Crippen LogP contribution in [0, 0.1) is 5.92 Å². The second kappa shape index (κ2) is 9.97. The number of hydrogen-bond donors (Lipinski definition) is 1. The molecule has 34 heavy (non-hydrogen) atoms. The Morgan fingerprint density at radius 2 is 1.88 bits per heavy atom. The number of guanidine groups is 1. The van der Waals surface area contributed by atoms with Crippen molar-refractivity contribution >= 4 is 79.9 Å². The molecule has 2 amide bonds. The van der Waals surface area contributed by atoms with E-state index in [-0.39, 0.29) is 24.4 Å². The van der Waals surface area contributed by atoms with Crippen molar-refractivity contribution in [2.75, 3.05) is 11.4 Å². The van der Waals surface area contributed by atoms with E-state index >= 15 is 0 Å². The fourth-order valence-electron chi connectivity index (χ4n) is 4.20. The monoisotopic (exact) mass is 583 g/mol. The van der Waals surface area contributed by atoms with Crippen molar-refractivity contribution < 1.29 is 14.2 Å². The molecule has 178 valence electrons. The third-order valence-corrected chi connectivity index (χ3v) is 7.36. The molecule has 0 spiro atoms. The third-order valence-electron chi connectivity index (χ3n) is 5.83. The quantitative estimate of drug-likeness (QED) is 0.463. The van der Waals surface area contributed by atoms with Crippen LogP contribution in [0.5, 0.6) is 0 Å². The van der Waals surface area contributed by atoms with Crippen LogP contribution in [0.25, 0.3) is 0 Å². The number of anilines is 1. The molecular weight excluding hydrogens is 563 g/mol. The van der Waals surface area contributed by atoms with Gasteiger partial charge in [0.1, 0.15) is 6.04 Å². The Labute approximate surface area is 221 Å². The Balaban J connectivity index is 1.71. The van der Waals surface area contributed by atoms with Crippen molar-refractivity contribution in [3.63, 3.8) is 0 Å². The molecule has 0 saturated heterocycles. The summed E-state index contributed by atoms with van der Waals surface area (Å²) in [6.07, 6.45) is 0.402. The van der Waals surface area contributed by atoms with Gasteiger partial charge in [-0.3, -0.25) is 4.79 Å². The highest BCUT2D eigenvalue weighted by atomic mass is 79.9. The minimum atomic E-state index is -0.407. The minimum absolute atomic E-state index is 0.0330. The molecule has 2 aromatic rings. The van der Waals surface area contributed by atoms with Gasteiger partial charge in [0.15, 0.2) is 12.3 Å². The lowest BCUT2D eigenvalue weighted by Crippen LogP contribution is -2.59. The van der Waals surface area contributed by atoms with Gasteiger partial charge < -0.3 is 5.32 Å². The molecule has 2 heterocycles. The van der Waals surface area contributed by atoms with Crippen LogP contribution in [-0.4, -0.2) is 46.7 Å². The number of nitrogens with zero attached hydrogens (tertiary/aromatic N) is 3. The number of carbonyl (C=O) groups excluding carboxylic acids is 2. The fourth-order valence-corrected chi connectivity index (χ4v) is 5.26. The van der Waals surface area contributed by atoms with Crippen molar-refractivity contribution in [1.29, 1.82) is 0 Å². The molecule has 10 heteroatoms. The number of nitrogens with one attached hydrogen (secondary N) is 1. The van der Waals surface area contributed by atoms with Gasteiger partial charge in [-0.05, 0) is 50.2 Å². The van der Waals surface area contributed by atoms with Crippen LogP contribution in [-0.2, 0) is 4.79 Å². The maximum absolute atomic E-state index is 13.7. The van der Waals surface area contributed by atoms with E-state index in [1.165, 1.54) is 0 Å². The summed E-state index contributed by atoms with van der Waals surface area (Å²) in [5.74, 6) is -0.287. The van der Waals surface area contributed by atoms with E-state index in [0.29, 0.717) is 38.7 Å². The number of carbonyl (C=O) groups is 2. The molecule has 0 fully saturated rings. The number of fused-ring (bicyclic) bond motifs is 1. The average Bonchev–Trinajstić information content (AvgIpc) is 2.76. The van der Waals surface area contributed by atoms with E-state index in [1.54, 1.807) is 39.8 Å². The van der Waals surface area contributed by atoms with Crippen LogP contribution in [0.1, 0.15) is 37.6 Å². The van der Waals surface area contributed by atoms with Gasteiger partial charge in [-0.1, -0.05) is 50.7 Å². The van der Waals surface area contributed by atoms with Crippen LogP contribution in [0.2, 0.25) is 15.1 Å². The molecule has 2 unspecified atom stereocenters. The van der Waals surface area contributed by atoms with Crippen LogP contribution < -0.4 is 10.2 Å². The predicted molar refractivity (Wildman–Crippen MR) is 141 cm³/mol. The van der Waals surface area contributed by atoms with E-state index in [1.807, 2.05) is 26.8 Å². The number of amides is 2. The number of benzene rings is 2. The summed E-state index contributed by atoms with van der Waals surface area (Å²) < 4.78 is 2.49. The van der Waals surface area contributed by atoms with Gasteiger partial charge in [0.25, 0.3) is 0 Å². The van der Waals surface area contributed by atoms with Gasteiger partial charge in [-0.2, -0.15) is 4.58 Å². The zero-order chi connectivity index (χ0) is 24.7. The Hall–Kier alpha value is -1.93. The van der Waals surface area contributed by atoms with Crippen molar-refractivity contribution in [1.82, 2.24) is 5.32 Å². The summed E-state index contributed by atoms with van der Waals surface area (Å²) in [7, 11) is 0. The lowest BCUT2D eigenvalue weighted by atomic mass is 9.87. The molecule has 0 saturated carbocycles. The first kappa shape index (κ1) is 25.2. The molecule has 2 aliphatic rings. The van der Waals surface area contributed by atoms with Crippen molar-refractivity contribution in [2.24, 2.45) is 10.9 Å². The highest BCUT2D eigenvalue weighted by Crippen LogP contribution is 2.35. The molecule has 2 aromatic carbocycles. The van der Waals surface area contributed by atoms with Crippen LogP contribution in [0.3, 0.4) is 0 Å². The van der Waals surface area contributed by atoms with Gasteiger partial charge in [0.2, 0.25) is 11.9 Å². The molecule has 0 aliphatic carbocycles. The standard InChI is InChI=1S/C24H23BrCl3N4O2/c1-12(2)29-24-30-20-11-31(22(33)14-4-6-17(26)18(27)9-14)13(3)8-16(20)23(34)32(24)21-7-5-15(25)10-19(21)28/h4-7,9-10,12,16,20H,8,11H2,1-3H3,(H,29,30)/q+1. The fraction of sp³-hybridized carbons (Fsp3) is 0.333. The molecule has 0 aromatic heterocycles. The van der Waals surface area contributed by atoms with E-state index in [4.69, 9.17) is 39.8 Å². The molecule has 2 aliphatic heterocycles. The second-order valence-corrected chi connectivity index (χ2v) is 10.8. The van der Waals surface area contributed by atoms with Gasteiger partial charge in [-0.25, -0.2) is 14.7 Å². The topological polar surface area (TPSA) is 64.8 Å². The largest absolute Gasteiger partial charge is 0.419 e. The first-order chi connectivity index (χ1) is 16.1. The first-order valence-corrected chi connectivity index (χ1v) is 12.7. The van der Waals surface area contributed by atoms with Gasteiger partial charge in [0, 0.05) is 23.9 Å². The summed E-state index contributed by atoms with van der Waals surface area (Å²) in [6.45, 7) is 6.09. The van der Waals surface area contributed by atoms with E-state index in [2.05, 4.69) is 21.2 Å². The maximum Gasteiger partial charge on any atom is 0.419 e. The zero-order valence-electron chi connectivity index (χ0n) is 18.8. The van der Waals surface area contributed by atoms with Crippen LogP contribution in [0.4, 0.5) is 5.69 Å². The van der Waals surface area contributed by atoms with Crippen LogP contribution in [0.15, 0.2) is 45.9 Å². The summed E-state index contributed by atoms with van der Waals surface area (Å²) in [5, 5.41) is 4.42. The number of hydrogen-bond acceptors (Lipinski definition) is 4. The van der Waals surface area contributed by atoms with E-state index < -0.39 is 12.0 Å². The normalized spacial score (nSPS) is 20.4. The Kier molecular flexibility index (Phi) is 7.38. The summed E-state index contributed by atoms with van der Waals surface area (Å²) in [4.78, 5) is 33.5. The lowest BCUT2D eigenvalue weighted by Gasteiger charge is -2.38. The molecule has 0 radical (unpaired) electrons. The molecular formula is C24H23BrCl3N4O2+. The maximum atomic E-state index is 13.7. The van der Waals surface area contributed by atoms with Gasteiger partial charge >= 0.3 is 5.91 Å². The number of aliphatic imine (C=N–C) groups is 1. The highest BCUT2D eigenvalue weighted by molar-refractivity contribution is 9.10. The van der Waals surface area contributed by atoms with Crippen molar-refractivity contribution in [2.45, 2.75) is 39.3 Å². The summed E-state index contributed by atoms with van der Waals surface area (Å²) in [5.41, 5.74) is 1.79. The smallest absolute Gasteiger partial charge is 0.353 e. The lowest BCUT2D eigenvalue weighted by molar-refractivity contribution is -0.440. The average molecular weight is 586 g/mol. The summed E-state index contributed by atoms with van der Waals surface area (Å²) >= 11 is 22.0. The molecule has 4 rings (SSSR count). The zero-order valence-corrected chi connectivity index (χ0v) is 22.6. The first-order valence-electron chi connectivity index (χ1n) is 10.8. The van der Waals surface area contributed by atoms with E-state index in [0.717, 1.165) is 10.2 Å². The van der Waals surface area contributed by atoms with E-state index in [9.17, 15) is 9.59 Å². The predicted octanol–water partition coefficient (Wildman–Crippen LogP) is 5.81. The third kappa shape index (κ3) is 4.89. The van der Waals surface area contributed by atoms with Crippen molar-refractivity contribution in [3.05, 3.63) is 61.5 Å².